The second kappa shape index (κ2) is 6.48. The standard InChI is InChI=1S/C11H15BrN6O2S/c1-17-7-6(8(19)16-11(17)20)18(9(12)15-7)4-2-3-5-21-10(13)14/h2-5H2,1H3,(H3,13,14)(H,16,19,20)/p+1. The zero-order chi connectivity index (χ0) is 15.6. The fraction of sp³-hybridized carbons (Fsp3) is 0.455. The Morgan fingerprint density at radius 1 is 1.48 bits per heavy atom. The average molecular weight is 376 g/mol. The molecule has 114 valence electrons. The molecule has 0 bridgehead atoms. The summed E-state index contributed by atoms with van der Waals surface area (Å²) in [5.74, 6) is 0.821. The monoisotopic (exact) mass is 375 g/mol. The number of halogens is 1. The smallest absolute Gasteiger partial charge is 0.313 e. The van der Waals surface area contributed by atoms with Gasteiger partial charge in [-0.25, -0.2) is 9.78 Å². The first-order valence-corrected chi connectivity index (χ1v) is 8.05. The third kappa shape index (κ3) is 3.38. The van der Waals surface area contributed by atoms with Crippen molar-refractivity contribution >= 4 is 44.0 Å². The van der Waals surface area contributed by atoms with Crippen LogP contribution >= 0.6 is 27.7 Å². The third-order valence-corrected chi connectivity index (χ3v) is 4.44. The fourth-order valence-electron chi connectivity index (χ4n) is 1.97. The molecule has 0 amide bonds. The lowest BCUT2D eigenvalue weighted by atomic mass is 10.3. The summed E-state index contributed by atoms with van der Waals surface area (Å²) in [5, 5.41) is 5.73. The number of aromatic amines is 1. The van der Waals surface area contributed by atoms with Gasteiger partial charge in [0.05, 0.1) is 0 Å². The molecule has 0 aromatic carbocycles. The number of aromatic nitrogens is 4. The SMILES string of the molecule is Cn1c(=O)[nH]c(=O)c2c1nc(Br)n2CCCCSC(N)=[NH2+]. The van der Waals surface area contributed by atoms with Crippen LogP contribution in [0.4, 0.5) is 0 Å². The Morgan fingerprint density at radius 2 is 2.19 bits per heavy atom. The van der Waals surface area contributed by atoms with E-state index in [1.165, 1.54) is 16.3 Å². The van der Waals surface area contributed by atoms with Gasteiger partial charge in [0.15, 0.2) is 15.9 Å². The molecule has 0 aliphatic rings. The van der Waals surface area contributed by atoms with Gasteiger partial charge in [0.25, 0.3) is 10.7 Å². The Labute approximate surface area is 132 Å². The molecule has 2 aromatic rings. The number of fused-ring (bicyclic) bond motifs is 1. The van der Waals surface area contributed by atoms with Crippen molar-refractivity contribution in [2.75, 3.05) is 5.75 Å². The number of hydrogen-bond acceptors (Lipinski definition) is 4. The van der Waals surface area contributed by atoms with E-state index < -0.39 is 11.2 Å². The normalized spacial score (nSPS) is 11.1. The van der Waals surface area contributed by atoms with Gasteiger partial charge < -0.3 is 4.57 Å². The molecule has 0 saturated carbocycles. The minimum atomic E-state index is -0.477. The maximum atomic E-state index is 12.0. The predicted octanol–water partition coefficient (Wildman–Crippen LogP) is -1.23. The molecule has 0 fully saturated rings. The Bertz CT molecular complexity index is 792. The summed E-state index contributed by atoms with van der Waals surface area (Å²) in [6, 6.07) is 0. The average Bonchev–Trinajstić information content (AvgIpc) is 2.73. The zero-order valence-electron chi connectivity index (χ0n) is 11.4. The number of imidazole rings is 1. The first-order chi connectivity index (χ1) is 9.91. The highest BCUT2D eigenvalue weighted by atomic mass is 79.9. The topological polar surface area (TPSA) is 124 Å². The number of hydrogen-bond donors (Lipinski definition) is 3. The van der Waals surface area contributed by atoms with Gasteiger partial charge in [-0.2, -0.15) is 0 Å². The number of H-pyrrole nitrogens is 1. The Balaban J connectivity index is 2.23. The van der Waals surface area contributed by atoms with Crippen molar-refractivity contribution in [2.45, 2.75) is 19.4 Å². The largest absolute Gasteiger partial charge is 0.329 e. The molecule has 0 radical (unpaired) electrons. The summed E-state index contributed by atoms with van der Waals surface area (Å²) in [4.78, 5) is 30.0. The van der Waals surface area contributed by atoms with Crippen molar-refractivity contribution in [3.05, 3.63) is 25.6 Å². The molecular weight excluding hydrogens is 360 g/mol. The van der Waals surface area contributed by atoms with Crippen molar-refractivity contribution in [3.8, 4) is 0 Å². The molecule has 0 saturated heterocycles. The van der Waals surface area contributed by atoms with Crippen LogP contribution in [-0.4, -0.2) is 30.0 Å². The lowest BCUT2D eigenvalue weighted by Gasteiger charge is -2.05. The van der Waals surface area contributed by atoms with Gasteiger partial charge in [0.2, 0.25) is 0 Å². The van der Waals surface area contributed by atoms with E-state index in [0.717, 1.165) is 18.6 Å². The van der Waals surface area contributed by atoms with Crippen LogP contribution in [0.15, 0.2) is 14.3 Å². The van der Waals surface area contributed by atoms with Gasteiger partial charge in [-0.05, 0) is 40.5 Å². The highest BCUT2D eigenvalue weighted by Crippen LogP contribution is 2.17. The number of nitrogens with zero attached hydrogens (tertiary/aromatic N) is 3. The second-order valence-corrected chi connectivity index (χ2v) is 6.36. The van der Waals surface area contributed by atoms with Gasteiger partial charge >= 0.3 is 5.69 Å². The van der Waals surface area contributed by atoms with Gasteiger partial charge in [-0.3, -0.25) is 25.5 Å². The Kier molecular flexibility index (Phi) is 4.88. The molecule has 8 nitrogen and oxygen atoms in total. The highest BCUT2D eigenvalue weighted by Gasteiger charge is 2.15. The molecule has 10 heteroatoms. The van der Waals surface area contributed by atoms with Crippen molar-refractivity contribution in [1.29, 1.82) is 0 Å². The van der Waals surface area contributed by atoms with E-state index in [0.29, 0.717) is 27.6 Å². The molecule has 2 rings (SSSR count). The number of thioether (sulfide) groups is 1. The number of unbranched alkanes of at least 4 members (excludes halogenated alkanes) is 1. The lowest BCUT2D eigenvalue weighted by Crippen LogP contribution is -2.43. The van der Waals surface area contributed by atoms with Gasteiger partial charge in [0, 0.05) is 19.3 Å². The summed E-state index contributed by atoms with van der Waals surface area (Å²) in [6.07, 6.45) is 1.74. The third-order valence-electron chi connectivity index (χ3n) is 3.01. The summed E-state index contributed by atoms with van der Waals surface area (Å²) < 4.78 is 3.60. The quantitative estimate of drug-likeness (QED) is 0.261. The maximum absolute atomic E-state index is 12.0. The second-order valence-electron chi connectivity index (χ2n) is 4.48. The van der Waals surface area contributed by atoms with Gasteiger partial charge in [-0.1, -0.05) is 0 Å². The molecule has 0 aliphatic carbocycles. The van der Waals surface area contributed by atoms with Crippen LogP contribution in [0.25, 0.3) is 11.2 Å². The highest BCUT2D eigenvalue weighted by molar-refractivity contribution is 9.10. The van der Waals surface area contributed by atoms with Crippen LogP contribution in [0.2, 0.25) is 0 Å². The van der Waals surface area contributed by atoms with Crippen LogP contribution in [-0.2, 0) is 13.6 Å². The van der Waals surface area contributed by atoms with E-state index in [2.05, 4.69) is 25.9 Å². The fourth-order valence-corrected chi connectivity index (χ4v) is 3.08. The van der Waals surface area contributed by atoms with Crippen LogP contribution in [0.5, 0.6) is 0 Å². The minimum absolute atomic E-state index is 0.357. The van der Waals surface area contributed by atoms with Crippen molar-refractivity contribution < 1.29 is 5.41 Å². The molecule has 0 aliphatic heterocycles. The summed E-state index contributed by atoms with van der Waals surface area (Å²) >= 11 is 4.74. The number of nitrogens with one attached hydrogen (secondary N) is 1. The van der Waals surface area contributed by atoms with Crippen molar-refractivity contribution in [3.63, 3.8) is 0 Å². The van der Waals surface area contributed by atoms with Gasteiger partial charge in [-0.15, -0.1) is 0 Å². The zero-order valence-corrected chi connectivity index (χ0v) is 13.8. The minimum Gasteiger partial charge on any atom is -0.313 e. The predicted molar refractivity (Wildman–Crippen MR) is 86.1 cm³/mol. The van der Waals surface area contributed by atoms with E-state index in [-0.39, 0.29) is 0 Å². The summed E-state index contributed by atoms with van der Waals surface area (Å²) in [5.41, 5.74) is 5.22. The van der Waals surface area contributed by atoms with Crippen LogP contribution in [0.3, 0.4) is 0 Å². The Hall–Kier alpha value is -1.55. The number of rotatable bonds is 5. The van der Waals surface area contributed by atoms with E-state index in [9.17, 15) is 9.59 Å². The molecule has 5 N–H and O–H groups in total. The van der Waals surface area contributed by atoms with Crippen molar-refractivity contribution in [2.24, 2.45) is 12.8 Å². The maximum Gasteiger partial charge on any atom is 0.329 e. The van der Waals surface area contributed by atoms with E-state index in [1.807, 2.05) is 0 Å². The van der Waals surface area contributed by atoms with Crippen LogP contribution < -0.4 is 22.4 Å². The van der Waals surface area contributed by atoms with E-state index >= 15 is 0 Å². The lowest BCUT2D eigenvalue weighted by molar-refractivity contribution is -0.110. The molecular formula is C11H16BrN6O2S+. The number of nitrogens with two attached hydrogens (primary N) is 2. The first kappa shape index (κ1) is 15.8. The van der Waals surface area contributed by atoms with Gasteiger partial charge in [0.1, 0.15) is 0 Å². The Morgan fingerprint density at radius 3 is 2.86 bits per heavy atom. The molecule has 2 aromatic heterocycles. The van der Waals surface area contributed by atoms with E-state index in [4.69, 9.17) is 11.1 Å². The van der Waals surface area contributed by atoms with Crippen LogP contribution in [0, 0.1) is 0 Å². The van der Waals surface area contributed by atoms with Crippen LogP contribution in [0.1, 0.15) is 12.8 Å². The first-order valence-electron chi connectivity index (χ1n) is 6.27. The molecule has 21 heavy (non-hydrogen) atoms. The van der Waals surface area contributed by atoms with Crippen molar-refractivity contribution in [1.82, 2.24) is 19.1 Å². The van der Waals surface area contributed by atoms with E-state index in [1.54, 1.807) is 11.6 Å². The number of amidine groups is 1. The molecule has 0 atom stereocenters. The summed E-state index contributed by atoms with van der Waals surface area (Å²) in [7, 11) is 1.57. The molecule has 2 heterocycles. The molecule has 0 spiro atoms. The summed E-state index contributed by atoms with van der Waals surface area (Å²) in [6.45, 7) is 0.614. The molecule has 0 unspecified atom stereocenters. The number of aryl methyl sites for hydroxylation is 2.